The van der Waals surface area contributed by atoms with Crippen molar-refractivity contribution in [2.45, 2.75) is 101 Å². The van der Waals surface area contributed by atoms with Gasteiger partial charge in [0.15, 0.2) is 5.72 Å². The van der Waals surface area contributed by atoms with Crippen LogP contribution in [-0.4, -0.2) is 60.0 Å². The van der Waals surface area contributed by atoms with Gasteiger partial charge in [-0.25, -0.2) is 4.99 Å². The van der Waals surface area contributed by atoms with Crippen LogP contribution in [0, 0.1) is 5.92 Å². The van der Waals surface area contributed by atoms with E-state index in [4.69, 9.17) is 28.7 Å². The molecule has 0 amide bonds. The molecule has 2 aromatic carbocycles. The fraction of sp³-hybridized carbons (Fsp3) is 0.556. The highest BCUT2D eigenvalue weighted by atomic mass is 32.2. The molecule has 5 atom stereocenters. The number of esters is 1. The Hall–Kier alpha value is -2.53. The SMILES string of the molecule is CCCCCC(/C=C/[C@@H]1[C@H]2SC(CCCCC(=O)OC)=N[C@@]2(O)C[C@H]1OCOCc1ccccc1)OCOCc1ccccc1. The Morgan fingerprint density at radius 2 is 1.69 bits per heavy atom. The zero-order valence-corrected chi connectivity index (χ0v) is 27.5. The maximum absolute atomic E-state index is 11.7. The third-order valence-electron chi connectivity index (χ3n) is 8.16. The van der Waals surface area contributed by atoms with Crippen molar-refractivity contribution in [3.05, 3.63) is 83.9 Å². The number of ether oxygens (including phenoxy) is 5. The van der Waals surface area contributed by atoms with E-state index < -0.39 is 5.72 Å². The highest BCUT2D eigenvalue weighted by Crippen LogP contribution is 2.51. The maximum Gasteiger partial charge on any atom is 0.305 e. The molecule has 0 saturated heterocycles. The highest BCUT2D eigenvalue weighted by molar-refractivity contribution is 8.14. The molecule has 0 aromatic heterocycles. The Morgan fingerprint density at radius 1 is 1.00 bits per heavy atom. The van der Waals surface area contributed by atoms with Crippen molar-refractivity contribution >= 4 is 22.8 Å². The molecule has 45 heavy (non-hydrogen) atoms. The maximum atomic E-state index is 11.7. The van der Waals surface area contributed by atoms with Crippen LogP contribution in [0.1, 0.15) is 75.8 Å². The second-order valence-corrected chi connectivity index (χ2v) is 12.9. The second kappa shape index (κ2) is 19.2. The van der Waals surface area contributed by atoms with Gasteiger partial charge in [0, 0.05) is 18.8 Å². The van der Waals surface area contributed by atoms with Gasteiger partial charge in [-0.05, 0) is 36.8 Å². The van der Waals surface area contributed by atoms with Crippen LogP contribution in [0.3, 0.4) is 0 Å². The molecule has 1 aliphatic carbocycles. The summed E-state index contributed by atoms with van der Waals surface area (Å²) in [7, 11) is 1.41. The third-order valence-corrected chi connectivity index (χ3v) is 9.67. The summed E-state index contributed by atoms with van der Waals surface area (Å²) in [6.07, 6.45) is 11.2. The molecule has 1 aliphatic heterocycles. The quantitative estimate of drug-likeness (QED) is 0.0664. The van der Waals surface area contributed by atoms with Crippen molar-refractivity contribution in [2.24, 2.45) is 10.9 Å². The Labute approximate surface area is 272 Å². The number of nitrogens with zero attached hydrogens (tertiary/aromatic N) is 1. The lowest BCUT2D eigenvalue weighted by molar-refractivity contribution is -0.140. The highest BCUT2D eigenvalue weighted by Gasteiger charge is 2.56. The number of aliphatic imine (C=N–C) groups is 1. The topological polar surface area (TPSA) is 95.8 Å². The molecule has 0 radical (unpaired) electrons. The molecule has 1 N–H and O–H groups in total. The van der Waals surface area contributed by atoms with Crippen LogP contribution in [0.5, 0.6) is 0 Å². The summed E-state index contributed by atoms with van der Waals surface area (Å²) >= 11 is 1.63. The van der Waals surface area contributed by atoms with Crippen molar-refractivity contribution in [3.63, 3.8) is 0 Å². The molecule has 1 fully saturated rings. The number of benzene rings is 2. The predicted molar refractivity (Wildman–Crippen MR) is 178 cm³/mol. The number of rotatable bonds is 21. The van der Waals surface area contributed by atoms with Gasteiger partial charge in [-0.1, -0.05) is 99.0 Å². The Balaban J connectivity index is 1.38. The molecule has 8 nitrogen and oxygen atoms in total. The first-order valence-corrected chi connectivity index (χ1v) is 17.1. The van der Waals surface area contributed by atoms with E-state index in [0.717, 1.165) is 61.1 Å². The molecular formula is C36H49NO7S. The van der Waals surface area contributed by atoms with Crippen LogP contribution < -0.4 is 0 Å². The molecule has 4 rings (SSSR count). The average Bonchev–Trinajstić information content (AvgIpc) is 3.51. The van der Waals surface area contributed by atoms with Crippen LogP contribution in [0.15, 0.2) is 77.8 Å². The number of carbonyl (C=O) groups is 1. The normalized spacial score (nSPS) is 23.3. The van der Waals surface area contributed by atoms with E-state index in [1.807, 2.05) is 60.7 Å². The summed E-state index contributed by atoms with van der Waals surface area (Å²) in [5, 5.41) is 12.4. The first-order chi connectivity index (χ1) is 22.0. The van der Waals surface area contributed by atoms with Crippen molar-refractivity contribution in [1.29, 1.82) is 0 Å². The van der Waals surface area contributed by atoms with Gasteiger partial charge >= 0.3 is 5.97 Å². The summed E-state index contributed by atoms with van der Waals surface area (Å²) in [6, 6.07) is 20.1. The van der Waals surface area contributed by atoms with Gasteiger partial charge in [-0.3, -0.25) is 4.79 Å². The van der Waals surface area contributed by atoms with Gasteiger partial charge < -0.3 is 28.8 Å². The van der Waals surface area contributed by atoms with Gasteiger partial charge in [-0.15, -0.1) is 11.8 Å². The molecule has 9 heteroatoms. The van der Waals surface area contributed by atoms with Crippen molar-refractivity contribution in [3.8, 4) is 0 Å². The summed E-state index contributed by atoms with van der Waals surface area (Å²) in [5.41, 5.74) is 0.981. The second-order valence-electron chi connectivity index (χ2n) is 11.7. The molecule has 2 aromatic rings. The van der Waals surface area contributed by atoms with Gasteiger partial charge in [0.2, 0.25) is 0 Å². The number of carbonyl (C=O) groups excluding carboxylic acids is 1. The van der Waals surface area contributed by atoms with Crippen molar-refractivity contribution in [2.75, 3.05) is 20.7 Å². The number of methoxy groups -OCH3 is 1. The molecule has 0 spiro atoms. The molecule has 2 aliphatic rings. The standard InChI is InChI=1S/C36H49NO7S/c1-3-4-7-18-30(43-26-41-24-28-14-8-5-9-15-28)21-22-31-32(44-27-42-25-29-16-10-6-11-17-29)23-36(39)35(31)45-33(37-36)19-12-13-20-34(38)40-2/h5-6,8-11,14-17,21-22,30-32,35,39H,3-4,7,12-13,18-20,23-27H2,1-2H3/b22-21+/t30?,31-,32+,35+,36+/m0/s1. The minimum atomic E-state index is -1.21. The van der Waals surface area contributed by atoms with E-state index in [1.54, 1.807) is 11.8 Å². The number of hydrogen-bond donors (Lipinski definition) is 1. The van der Waals surface area contributed by atoms with Crippen LogP contribution >= 0.6 is 11.8 Å². The first-order valence-electron chi connectivity index (χ1n) is 16.2. The minimum absolute atomic E-state index is 0.0841. The molecule has 1 unspecified atom stereocenters. The number of hydrogen-bond acceptors (Lipinski definition) is 9. The van der Waals surface area contributed by atoms with Crippen LogP contribution in [0.25, 0.3) is 0 Å². The van der Waals surface area contributed by atoms with Crippen molar-refractivity contribution in [1.82, 2.24) is 0 Å². The average molecular weight is 640 g/mol. The molecule has 1 heterocycles. The van der Waals surface area contributed by atoms with E-state index in [2.05, 4.69) is 19.1 Å². The molecule has 1 saturated carbocycles. The molecular weight excluding hydrogens is 590 g/mol. The molecule has 246 valence electrons. The fourth-order valence-electron chi connectivity index (χ4n) is 5.70. The Bertz CT molecular complexity index is 1190. The van der Waals surface area contributed by atoms with Gasteiger partial charge in [0.05, 0.1) is 42.8 Å². The lowest BCUT2D eigenvalue weighted by Crippen LogP contribution is -2.32. The minimum Gasteiger partial charge on any atom is -0.469 e. The van der Waals surface area contributed by atoms with Crippen molar-refractivity contribution < 1.29 is 33.6 Å². The van der Waals surface area contributed by atoms with Crippen LogP contribution in [-0.2, 0) is 41.7 Å². The number of fused-ring (bicyclic) bond motifs is 1. The number of thioether (sulfide) groups is 1. The number of aliphatic hydroxyl groups is 1. The summed E-state index contributed by atoms with van der Waals surface area (Å²) in [4.78, 5) is 16.3. The van der Waals surface area contributed by atoms with E-state index in [0.29, 0.717) is 26.1 Å². The van der Waals surface area contributed by atoms with Crippen LogP contribution in [0.2, 0.25) is 0 Å². The zero-order chi connectivity index (χ0) is 31.7. The monoisotopic (exact) mass is 639 g/mol. The van der Waals surface area contributed by atoms with Gasteiger partial charge in [-0.2, -0.15) is 0 Å². The number of unbranched alkanes of at least 4 members (excludes halogenated alkanes) is 3. The lowest BCUT2D eigenvalue weighted by atomic mass is 10.0. The van der Waals surface area contributed by atoms with E-state index in [1.165, 1.54) is 7.11 Å². The van der Waals surface area contributed by atoms with E-state index in [9.17, 15) is 9.90 Å². The predicted octanol–water partition coefficient (Wildman–Crippen LogP) is 7.20. The summed E-state index contributed by atoms with van der Waals surface area (Å²) in [6.45, 7) is 3.49. The summed E-state index contributed by atoms with van der Waals surface area (Å²) < 4.78 is 28.9. The Kier molecular flexibility index (Phi) is 15.1. The van der Waals surface area contributed by atoms with E-state index >= 15 is 0 Å². The van der Waals surface area contributed by atoms with Gasteiger partial charge in [0.1, 0.15) is 13.6 Å². The fourth-order valence-corrected chi connectivity index (χ4v) is 7.23. The largest absolute Gasteiger partial charge is 0.469 e. The summed E-state index contributed by atoms with van der Waals surface area (Å²) in [5.74, 6) is -0.286. The van der Waals surface area contributed by atoms with Crippen LogP contribution in [0.4, 0.5) is 0 Å². The smallest absolute Gasteiger partial charge is 0.305 e. The van der Waals surface area contributed by atoms with E-state index in [-0.39, 0.29) is 42.9 Å². The lowest BCUT2D eigenvalue weighted by Gasteiger charge is -2.22. The third kappa shape index (κ3) is 11.6. The Morgan fingerprint density at radius 3 is 2.36 bits per heavy atom. The first kappa shape index (κ1) is 35.3. The zero-order valence-electron chi connectivity index (χ0n) is 26.7. The molecule has 0 bridgehead atoms. The van der Waals surface area contributed by atoms with Gasteiger partial charge in [0.25, 0.3) is 0 Å².